The molecule has 2 heterocycles. The van der Waals surface area contributed by atoms with Crippen molar-refractivity contribution in [1.29, 1.82) is 0 Å². The Morgan fingerprint density at radius 2 is 1.95 bits per heavy atom. The summed E-state index contributed by atoms with van der Waals surface area (Å²) < 4.78 is 0. The molecule has 0 radical (unpaired) electrons. The van der Waals surface area contributed by atoms with Crippen molar-refractivity contribution in [2.45, 2.75) is 45.6 Å². The number of carbonyl (C=O) groups is 2. The van der Waals surface area contributed by atoms with Crippen LogP contribution >= 0.6 is 0 Å². The van der Waals surface area contributed by atoms with Crippen molar-refractivity contribution in [1.82, 2.24) is 10.2 Å². The Labute approximate surface area is 114 Å². The van der Waals surface area contributed by atoms with Crippen LogP contribution in [0.5, 0.6) is 0 Å². The van der Waals surface area contributed by atoms with Gasteiger partial charge in [-0.3, -0.25) is 9.59 Å². The van der Waals surface area contributed by atoms with Crippen LogP contribution in [0.2, 0.25) is 0 Å². The predicted molar refractivity (Wildman–Crippen MR) is 73.3 cm³/mol. The average Bonchev–Trinajstić information content (AvgIpc) is 2.35. The first-order valence-corrected chi connectivity index (χ1v) is 7.29. The molecular weight excluding hydrogens is 242 g/mol. The Hall–Kier alpha value is -1.10. The van der Waals surface area contributed by atoms with Crippen LogP contribution in [0.25, 0.3) is 0 Å². The zero-order valence-corrected chi connectivity index (χ0v) is 11.9. The number of rotatable bonds is 3. The minimum absolute atomic E-state index is 0.0679. The second-order valence-electron chi connectivity index (χ2n) is 6.22. The summed E-state index contributed by atoms with van der Waals surface area (Å²) in [6, 6.07) is -0.459. The van der Waals surface area contributed by atoms with E-state index in [4.69, 9.17) is 5.73 Å². The molecule has 5 heteroatoms. The zero-order chi connectivity index (χ0) is 14.0. The monoisotopic (exact) mass is 267 g/mol. The van der Waals surface area contributed by atoms with E-state index < -0.39 is 6.04 Å². The van der Waals surface area contributed by atoms with E-state index in [1.54, 1.807) is 4.90 Å². The number of nitrogens with one attached hydrogen (secondary N) is 1. The number of hydrogen-bond acceptors (Lipinski definition) is 3. The number of nitrogens with zero attached hydrogens (tertiary/aromatic N) is 1. The molecule has 2 rings (SSSR count). The highest BCUT2D eigenvalue weighted by molar-refractivity contribution is 5.90. The van der Waals surface area contributed by atoms with Gasteiger partial charge in [-0.05, 0) is 44.7 Å². The van der Waals surface area contributed by atoms with Crippen LogP contribution in [0.4, 0.5) is 0 Å². The SMILES string of the molecule is CC(C)C(C(N)=O)N1CCCC2(CCNCC2)C1=O. The fourth-order valence-electron chi connectivity index (χ4n) is 3.58. The highest BCUT2D eigenvalue weighted by atomic mass is 16.2. The summed E-state index contributed by atoms with van der Waals surface area (Å²) in [6.07, 6.45) is 3.69. The van der Waals surface area contributed by atoms with Crippen LogP contribution in [0.3, 0.4) is 0 Å². The summed E-state index contributed by atoms with van der Waals surface area (Å²) in [4.78, 5) is 26.3. The maximum Gasteiger partial charge on any atom is 0.240 e. The van der Waals surface area contributed by atoms with Gasteiger partial charge in [-0.1, -0.05) is 13.8 Å². The van der Waals surface area contributed by atoms with Gasteiger partial charge >= 0.3 is 0 Å². The van der Waals surface area contributed by atoms with E-state index >= 15 is 0 Å². The van der Waals surface area contributed by atoms with E-state index in [1.807, 2.05) is 13.8 Å². The first kappa shape index (κ1) is 14.3. The molecule has 2 fully saturated rings. The van der Waals surface area contributed by atoms with Crippen molar-refractivity contribution in [3.05, 3.63) is 0 Å². The highest BCUT2D eigenvalue weighted by Crippen LogP contribution is 2.40. The lowest BCUT2D eigenvalue weighted by Gasteiger charge is -2.46. The van der Waals surface area contributed by atoms with E-state index in [9.17, 15) is 9.59 Å². The summed E-state index contributed by atoms with van der Waals surface area (Å²) in [5.74, 6) is -0.162. The molecular formula is C14H25N3O2. The van der Waals surface area contributed by atoms with Crippen LogP contribution in [0.15, 0.2) is 0 Å². The van der Waals surface area contributed by atoms with Gasteiger partial charge in [-0.2, -0.15) is 0 Å². The van der Waals surface area contributed by atoms with Gasteiger partial charge in [0.15, 0.2) is 0 Å². The van der Waals surface area contributed by atoms with Crippen molar-refractivity contribution in [2.24, 2.45) is 17.1 Å². The van der Waals surface area contributed by atoms with Crippen molar-refractivity contribution < 1.29 is 9.59 Å². The predicted octanol–water partition coefficient (Wildman–Crippen LogP) is 0.489. The van der Waals surface area contributed by atoms with Gasteiger partial charge in [0.1, 0.15) is 6.04 Å². The van der Waals surface area contributed by atoms with Gasteiger partial charge in [0.05, 0.1) is 5.41 Å². The van der Waals surface area contributed by atoms with E-state index in [2.05, 4.69) is 5.32 Å². The molecule has 2 saturated heterocycles. The summed E-state index contributed by atoms with van der Waals surface area (Å²) in [7, 11) is 0. The normalized spacial score (nSPS) is 24.8. The number of hydrogen-bond donors (Lipinski definition) is 2. The molecule has 1 atom stereocenters. The first-order valence-electron chi connectivity index (χ1n) is 7.29. The van der Waals surface area contributed by atoms with Gasteiger partial charge in [0.2, 0.25) is 11.8 Å². The third kappa shape index (κ3) is 2.61. The van der Waals surface area contributed by atoms with Crippen LogP contribution in [0.1, 0.15) is 39.5 Å². The minimum atomic E-state index is -0.459. The molecule has 3 N–H and O–H groups in total. The molecule has 0 aliphatic carbocycles. The third-order valence-corrected chi connectivity index (χ3v) is 4.59. The fraction of sp³-hybridized carbons (Fsp3) is 0.857. The largest absolute Gasteiger partial charge is 0.368 e. The van der Waals surface area contributed by atoms with E-state index in [0.717, 1.165) is 38.8 Å². The molecule has 2 amide bonds. The Bertz CT molecular complexity index is 356. The molecule has 0 aromatic heterocycles. The van der Waals surface area contributed by atoms with E-state index in [-0.39, 0.29) is 23.1 Å². The van der Waals surface area contributed by atoms with E-state index in [0.29, 0.717) is 6.54 Å². The molecule has 0 aromatic rings. The van der Waals surface area contributed by atoms with Crippen LogP contribution < -0.4 is 11.1 Å². The quantitative estimate of drug-likeness (QED) is 0.781. The first-order chi connectivity index (χ1) is 8.98. The molecule has 2 aliphatic heterocycles. The van der Waals surface area contributed by atoms with E-state index in [1.165, 1.54) is 0 Å². The third-order valence-electron chi connectivity index (χ3n) is 4.59. The Morgan fingerprint density at radius 3 is 2.47 bits per heavy atom. The summed E-state index contributed by atoms with van der Waals surface area (Å²) in [6.45, 7) is 6.35. The van der Waals surface area contributed by atoms with Gasteiger partial charge in [0.25, 0.3) is 0 Å². The molecule has 5 nitrogen and oxygen atoms in total. The molecule has 1 spiro atoms. The van der Waals surface area contributed by atoms with Gasteiger partial charge in [0, 0.05) is 6.54 Å². The average molecular weight is 267 g/mol. The molecule has 0 aromatic carbocycles. The van der Waals surface area contributed by atoms with Crippen LogP contribution in [-0.4, -0.2) is 42.4 Å². The second kappa shape index (κ2) is 5.49. The zero-order valence-electron chi connectivity index (χ0n) is 11.9. The van der Waals surface area contributed by atoms with Crippen molar-refractivity contribution in [2.75, 3.05) is 19.6 Å². The lowest BCUT2D eigenvalue weighted by molar-refractivity contribution is -0.155. The molecule has 0 bridgehead atoms. The van der Waals surface area contributed by atoms with Crippen LogP contribution in [0, 0.1) is 11.3 Å². The Kier molecular flexibility index (Phi) is 4.13. The number of nitrogens with two attached hydrogens (primary N) is 1. The maximum atomic E-state index is 12.8. The fourth-order valence-corrected chi connectivity index (χ4v) is 3.58. The van der Waals surface area contributed by atoms with Crippen LogP contribution in [-0.2, 0) is 9.59 Å². The highest BCUT2D eigenvalue weighted by Gasteiger charge is 2.47. The molecule has 19 heavy (non-hydrogen) atoms. The molecule has 0 saturated carbocycles. The van der Waals surface area contributed by atoms with Gasteiger partial charge in [-0.15, -0.1) is 0 Å². The smallest absolute Gasteiger partial charge is 0.240 e. The summed E-state index contributed by atoms with van der Waals surface area (Å²) in [5.41, 5.74) is 5.26. The molecule has 2 aliphatic rings. The topological polar surface area (TPSA) is 75.4 Å². The summed E-state index contributed by atoms with van der Waals surface area (Å²) in [5, 5.41) is 3.30. The number of amides is 2. The van der Waals surface area contributed by atoms with Gasteiger partial charge < -0.3 is 16.0 Å². The minimum Gasteiger partial charge on any atom is -0.368 e. The standard InChI is InChI=1S/C14H25N3O2/c1-10(2)11(12(15)18)17-9-3-4-14(13(17)19)5-7-16-8-6-14/h10-11,16H,3-9H2,1-2H3,(H2,15,18). The number of likely N-dealkylation sites (tertiary alicyclic amines) is 1. The second-order valence-corrected chi connectivity index (χ2v) is 6.22. The lowest BCUT2D eigenvalue weighted by Crippen LogP contribution is -2.59. The van der Waals surface area contributed by atoms with Crippen molar-refractivity contribution in [3.63, 3.8) is 0 Å². The van der Waals surface area contributed by atoms with Gasteiger partial charge in [-0.25, -0.2) is 0 Å². The lowest BCUT2D eigenvalue weighted by atomic mass is 9.71. The molecule has 1 unspecified atom stereocenters. The Morgan fingerprint density at radius 1 is 1.32 bits per heavy atom. The molecule has 108 valence electrons. The number of piperidine rings is 2. The Balaban J connectivity index is 2.21. The maximum absolute atomic E-state index is 12.8. The summed E-state index contributed by atoms with van der Waals surface area (Å²) >= 11 is 0. The number of carbonyl (C=O) groups excluding carboxylic acids is 2. The van der Waals surface area contributed by atoms with Crippen molar-refractivity contribution in [3.8, 4) is 0 Å². The van der Waals surface area contributed by atoms with Crippen molar-refractivity contribution >= 4 is 11.8 Å². The number of primary amides is 1.